The largest absolute Gasteiger partial charge is 0.335 e. The van der Waals surface area contributed by atoms with Gasteiger partial charge in [-0.05, 0) is 31.2 Å². The van der Waals surface area contributed by atoms with E-state index >= 15 is 0 Å². The molecule has 0 aliphatic rings. The summed E-state index contributed by atoms with van der Waals surface area (Å²) >= 11 is 0. The molecule has 0 aliphatic carbocycles. The number of rotatable bonds is 4. The number of hydrazone groups is 1. The smallest absolute Gasteiger partial charge is 0.263 e. The molecular formula is C13H15Cl2FN8. The van der Waals surface area contributed by atoms with Crippen molar-refractivity contribution in [2.45, 2.75) is 6.92 Å². The number of benzene rings is 1. The average Bonchev–Trinajstić information content (AvgIpc) is 3.10. The molecule has 8 nitrogen and oxygen atoms in total. The van der Waals surface area contributed by atoms with E-state index in [1.54, 1.807) is 31.5 Å². The number of H-pyrrole nitrogens is 1. The Bertz CT molecular complexity index is 812. The standard InChI is InChI=1S/C13H13FN8.2ClH/c1-8-18-21-13(22(8)15)20-17-7-10-6-16-19-12(10)9-2-4-11(14)5-3-9;;/h2-7H,15H2,1H3,(H,16,19)(H,20,21);2*1H. The molecule has 0 amide bonds. The van der Waals surface area contributed by atoms with Gasteiger partial charge in [0.05, 0.1) is 18.1 Å². The summed E-state index contributed by atoms with van der Waals surface area (Å²) in [6.07, 6.45) is 3.18. The summed E-state index contributed by atoms with van der Waals surface area (Å²) in [6.45, 7) is 1.73. The molecule has 3 aromatic rings. The van der Waals surface area contributed by atoms with E-state index in [1.165, 1.54) is 16.8 Å². The van der Waals surface area contributed by atoms with Crippen LogP contribution in [0.4, 0.5) is 10.3 Å². The van der Waals surface area contributed by atoms with Crippen molar-refractivity contribution in [1.29, 1.82) is 0 Å². The Hall–Kier alpha value is -2.65. The lowest BCUT2D eigenvalue weighted by atomic mass is 10.1. The number of halogens is 3. The first-order chi connectivity index (χ1) is 10.6. The van der Waals surface area contributed by atoms with E-state index in [4.69, 9.17) is 5.84 Å². The fourth-order valence-corrected chi connectivity index (χ4v) is 1.85. The number of aromatic amines is 1. The molecule has 0 saturated carbocycles. The van der Waals surface area contributed by atoms with Crippen LogP contribution in [0.3, 0.4) is 0 Å². The van der Waals surface area contributed by atoms with Gasteiger partial charge in [0, 0.05) is 11.1 Å². The Morgan fingerprint density at radius 3 is 2.58 bits per heavy atom. The molecule has 0 radical (unpaired) electrons. The van der Waals surface area contributed by atoms with Crippen molar-refractivity contribution in [3.8, 4) is 11.3 Å². The zero-order valence-electron chi connectivity index (χ0n) is 12.5. The number of aromatic nitrogens is 5. The predicted molar refractivity (Wildman–Crippen MR) is 94.6 cm³/mol. The maximum absolute atomic E-state index is 13.0. The molecule has 0 aliphatic heterocycles. The summed E-state index contributed by atoms with van der Waals surface area (Å²) in [7, 11) is 0. The number of hydrogen-bond acceptors (Lipinski definition) is 6. The van der Waals surface area contributed by atoms with Crippen LogP contribution in [-0.4, -0.2) is 31.3 Å². The Morgan fingerprint density at radius 1 is 1.25 bits per heavy atom. The van der Waals surface area contributed by atoms with Gasteiger partial charge in [-0.15, -0.1) is 35.0 Å². The lowest BCUT2D eigenvalue weighted by Gasteiger charge is -2.01. The highest BCUT2D eigenvalue weighted by Crippen LogP contribution is 2.20. The van der Waals surface area contributed by atoms with E-state index in [-0.39, 0.29) is 30.6 Å². The van der Waals surface area contributed by atoms with Gasteiger partial charge in [0.1, 0.15) is 5.82 Å². The highest BCUT2D eigenvalue weighted by atomic mass is 35.5. The van der Waals surface area contributed by atoms with Crippen LogP contribution in [-0.2, 0) is 0 Å². The van der Waals surface area contributed by atoms with Crippen molar-refractivity contribution in [3.63, 3.8) is 0 Å². The molecule has 3 rings (SSSR count). The van der Waals surface area contributed by atoms with Gasteiger partial charge in [0.2, 0.25) is 0 Å². The molecule has 1 aromatic carbocycles. The molecule has 0 fully saturated rings. The molecule has 11 heteroatoms. The van der Waals surface area contributed by atoms with Crippen molar-refractivity contribution in [2.75, 3.05) is 11.3 Å². The third-order valence-electron chi connectivity index (χ3n) is 3.04. The van der Waals surface area contributed by atoms with Crippen molar-refractivity contribution >= 4 is 37.0 Å². The molecule has 4 N–H and O–H groups in total. The first-order valence-corrected chi connectivity index (χ1v) is 6.40. The van der Waals surface area contributed by atoms with Gasteiger partial charge in [-0.2, -0.15) is 10.2 Å². The molecule has 128 valence electrons. The molecule has 24 heavy (non-hydrogen) atoms. The number of nitrogens with two attached hydrogens (primary N) is 1. The van der Waals surface area contributed by atoms with Crippen molar-refractivity contribution < 1.29 is 4.39 Å². The molecule has 0 saturated heterocycles. The maximum Gasteiger partial charge on any atom is 0.263 e. The number of nitrogens with zero attached hydrogens (tertiary/aromatic N) is 5. The maximum atomic E-state index is 13.0. The molecule has 0 bridgehead atoms. The highest BCUT2D eigenvalue weighted by molar-refractivity contribution is 5.88. The Balaban J connectivity index is 0.00000144. The third-order valence-corrected chi connectivity index (χ3v) is 3.04. The van der Waals surface area contributed by atoms with Crippen LogP contribution in [0.25, 0.3) is 11.3 Å². The SMILES string of the molecule is Cc1nnc(NN=Cc2cn[nH]c2-c2ccc(F)cc2)n1N.Cl.Cl. The van der Waals surface area contributed by atoms with Crippen molar-refractivity contribution in [1.82, 2.24) is 25.1 Å². The highest BCUT2D eigenvalue weighted by Gasteiger charge is 2.07. The zero-order valence-corrected chi connectivity index (χ0v) is 14.1. The third kappa shape index (κ3) is 4.00. The normalized spacial score (nSPS) is 10.2. The Morgan fingerprint density at radius 2 is 1.96 bits per heavy atom. The van der Waals surface area contributed by atoms with E-state index in [0.717, 1.165) is 16.8 Å². The number of anilines is 1. The zero-order chi connectivity index (χ0) is 15.5. The second-order valence-electron chi connectivity index (χ2n) is 4.52. The van der Waals surface area contributed by atoms with Gasteiger partial charge in [-0.1, -0.05) is 0 Å². The Kier molecular flexibility index (Phi) is 6.69. The minimum atomic E-state index is -0.294. The lowest BCUT2D eigenvalue weighted by Crippen LogP contribution is -2.13. The minimum Gasteiger partial charge on any atom is -0.335 e. The van der Waals surface area contributed by atoms with Crippen LogP contribution < -0.4 is 11.3 Å². The lowest BCUT2D eigenvalue weighted by molar-refractivity contribution is 0.628. The second-order valence-corrected chi connectivity index (χ2v) is 4.52. The Labute approximate surface area is 149 Å². The van der Waals surface area contributed by atoms with E-state index in [1.807, 2.05) is 0 Å². The molecule has 0 spiro atoms. The average molecular weight is 373 g/mol. The van der Waals surface area contributed by atoms with Gasteiger partial charge in [0.15, 0.2) is 5.82 Å². The van der Waals surface area contributed by atoms with Crippen LogP contribution in [0.5, 0.6) is 0 Å². The van der Waals surface area contributed by atoms with Crippen LogP contribution in [0, 0.1) is 12.7 Å². The summed E-state index contributed by atoms with van der Waals surface area (Å²) in [5, 5.41) is 18.5. The summed E-state index contributed by atoms with van der Waals surface area (Å²) in [5.41, 5.74) is 4.96. The van der Waals surface area contributed by atoms with Crippen molar-refractivity contribution in [2.24, 2.45) is 5.10 Å². The van der Waals surface area contributed by atoms with Crippen LogP contribution >= 0.6 is 24.8 Å². The molecule has 0 atom stereocenters. The molecule has 0 unspecified atom stereocenters. The van der Waals surface area contributed by atoms with Crippen molar-refractivity contribution in [3.05, 3.63) is 47.7 Å². The first kappa shape index (κ1) is 19.4. The summed E-state index contributed by atoms with van der Waals surface area (Å²) in [4.78, 5) is 0. The van der Waals surface area contributed by atoms with E-state index in [2.05, 4.69) is 30.9 Å². The summed E-state index contributed by atoms with van der Waals surface area (Å²) in [5.74, 6) is 6.29. The first-order valence-electron chi connectivity index (χ1n) is 6.40. The van der Waals surface area contributed by atoms with E-state index < -0.39 is 0 Å². The van der Waals surface area contributed by atoms with Crippen LogP contribution in [0.1, 0.15) is 11.4 Å². The topological polar surface area (TPSA) is 110 Å². The summed E-state index contributed by atoms with van der Waals surface area (Å²) in [6, 6.07) is 6.09. The molecule has 2 aromatic heterocycles. The van der Waals surface area contributed by atoms with Crippen LogP contribution in [0.2, 0.25) is 0 Å². The van der Waals surface area contributed by atoms with Gasteiger partial charge in [-0.25, -0.2) is 14.5 Å². The fourth-order valence-electron chi connectivity index (χ4n) is 1.85. The fraction of sp³-hybridized carbons (Fsp3) is 0.0769. The minimum absolute atomic E-state index is 0. The number of hydrogen-bond donors (Lipinski definition) is 3. The number of nitrogen functional groups attached to an aromatic ring is 1. The molecular weight excluding hydrogens is 358 g/mol. The predicted octanol–water partition coefficient (Wildman–Crippen LogP) is 2.12. The summed E-state index contributed by atoms with van der Waals surface area (Å²) < 4.78 is 14.3. The number of nitrogens with one attached hydrogen (secondary N) is 2. The van der Waals surface area contributed by atoms with Gasteiger partial charge >= 0.3 is 0 Å². The molecule has 2 heterocycles. The quantitative estimate of drug-likeness (QED) is 0.369. The van der Waals surface area contributed by atoms with Crippen LogP contribution in [0.15, 0.2) is 35.6 Å². The van der Waals surface area contributed by atoms with Gasteiger partial charge in [0.25, 0.3) is 5.95 Å². The monoisotopic (exact) mass is 372 g/mol. The van der Waals surface area contributed by atoms with Gasteiger partial charge in [-0.3, -0.25) is 5.10 Å². The second kappa shape index (κ2) is 8.27. The van der Waals surface area contributed by atoms with E-state index in [9.17, 15) is 4.39 Å². The number of aryl methyl sites for hydroxylation is 1. The van der Waals surface area contributed by atoms with E-state index in [0.29, 0.717) is 11.8 Å². The van der Waals surface area contributed by atoms with Gasteiger partial charge < -0.3 is 5.84 Å².